The predicted octanol–water partition coefficient (Wildman–Crippen LogP) is 2.65. The molecule has 0 saturated carbocycles. The number of hydrogen-bond acceptors (Lipinski definition) is 2. The molecule has 0 aliphatic heterocycles. The summed E-state index contributed by atoms with van der Waals surface area (Å²) in [5, 5.41) is 11.9. The first-order valence-electron chi connectivity index (χ1n) is 6.07. The highest BCUT2D eigenvalue weighted by Gasteiger charge is 2.12. The molecule has 90 valence electrons. The van der Waals surface area contributed by atoms with E-state index in [-0.39, 0.29) is 12.0 Å². The molecule has 2 heteroatoms. The first-order chi connectivity index (χ1) is 8.20. The van der Waals surface area contributed by atoms with E-state index in [1.54, 1.807) is 0 Å². The molecular weight excluding hydrogens is 210 g/mol. The minimum Gasteiger partial charge on any atom is -0.393 e. The minimum atomic E-state index is -0.310. The lowest BCUT2D eigenvalue weighted by molar-refractivity contribution is 0.175. The molecule has 2 atom stereocenters. The van der Waals surface area contributed by atoms with Crippen molar-refractivity contribution >= 4 is 10.8 Å². The highest BCUT2D eigenvalue weighted by molar-refractivity contribution is 5.83. The Morgan fingerprint density at radius 3 is 2.47 bits per heavy atom. The van der Waals surface area contributed by atoms with Crippen molar-refractivity contribution in [3.63, 3.8) is 0 Å². The van der Waals surface area contributed by atoms with Crippen LogP contribution in [0.15, 0.2) is 42.5 Å². The fourth-order valence-electron chi connectivity index (χ4n) is 2.24. The first kappa shape index (κ1) is 12.1. The van der Waals surface area contributed by atoms with Gasteiger partial charge in [-0.2, -0.15) is 0 Å². The van der Waals surface area contributed by atoms with E-state index >= 15 is 0 Å². The monoisotopic (exact) mass is 229 g/mol. The van der Waals surface area contributed by atoms with Crippen LogP contribution < -0.4 is 5.73 Å². The Bertz CT molecular complexity index is 493. The van der Waals surface area contributed by atoms with Crippen LogP contribution >= 0.6 is 0 Å². The average Bonchev–Trinajstić information content (AvgIpc) is 2.35. The maximum Gasteiger partial charge on any atom is 0.0518 e. The highest BCUT2D eigenvalue weighted by Crippen LogP contribution is 2.24. The Balaban J connectivity index is 2.34. The van der Waals surface area contributed by atoms with E-state index in [0.29, 0.717) is 6.54 Å². The van der Waals surface area contributed by atoms with E-state index in [1.165, 1.54) is 16.3 Å². The molecule has 2 aromatic carbocycles. The van der Waals surface area contributed by atoms with E-state index < -0.39 is 0 Å². The van der Waals surface area contributed by atoms with Crippen LogP contribution in [0.4, 0.5) is 0 Å². The Labute approximate surface area is 102 Å². The van der Waals surface area contributed by atoms with Gasteiger partial charge in [-0.3, -0.25) is 0 Å². The summed E-state index contributed by atoms with van der Waals surface area (Å²) in [5.74, 6) is 0.236. The average molecular weight is 229 g/mol. The van der Waals surface area contributed by atoms with E-state index in [0.717, 1.165) is 6.42 Å². The van der Waals surface area contributed by atoms with Gasteiger partial charge >= 0.3 is 0 Å². The zero-order chi connectivity index (χ0) is 12.3. The van der Waals surface area contributed by atoms with Gasteiger partial charge in [-0.15, -0.1) is 0 Å². The molecular formula is C15H19NO. The Hall–Kier alpha value is -1.38. The van der Waals surface area contributed by atoms with E-state index in [9.17, 15) is 5.11 Å². The quantitative estimate of drug-likeness (QED) is 0.846. The third-order valence-corrected chi connectivity index (χ3v) is 3.16. The highest BCUT2D eigenvalue weighted by atomic mass is 16.3. The zero-order valence-corrected chi connectivity index (χ0v) is 10.1. The van der Waals surface area contributed by atoms with Crippen molar-refractivity contribution in [3.8, 4) is 0 Å². The summed E-state index contributed by atoms with van der Waals surface area (Å²) in [6, 6.07) is 14.7. The van der Waals surface area contributed by atoms with Gasteiger partial charge in [0, 0.05) is 0 Å². The SMILES string of the molecule is CC(O)CC(CN)c1ccc2ccccc2c1. The van der Waals surface area contributed by atoms with E-state index in [2.05, 4.69) is 30.3 Å². The Morgan fingerprint density at radius 2 is 1.82 bits per heavy atom. The van der Waals surface area contributed by atoms with Gasteiger partial charge in [0.05, 0.1) is 6.10 Å². The fourth-order valence-corrected chi connectivity index (χ4v) is 2.24. The molecule has 0 saturated heterocycles. The molecule has 0 aromatic heterocycles. The molecule has 0 amide bonds. The summed E-state index contributed by atoms with van der Waals surface area (Å²) in [4.78, 5) is 0. The van der Waals surface area contributed by atoms with Gasteiger partial charge < -0.3 is 10.8 Å². The smallest absolute Gasteiger partial charge is 0.0518 e. The van der Waals surface area contributed by atoms with Crippen molar-refractivity contribution in [3.05, 3.63) is 48.0 Å². The van der Waals surface area contributed by atoms with Gasteiger partial charge in [-0.05, 0) is 42.1 Å². The first-order valence-corrected chi connectivity index (χ1v) is 6.07. The summed E-state index contributed by atoms with van der Waals surface area (Å²) in [7, 11) is 0. The molecule has 0 heterocycles. The van der Waals surface area contributed by atoms with Gasteiger partial charge in [-0.25, -0.2) is 0 Å². The number of rotatable bonds is 4. The molecule has 2 nitrogen and oxygen atoms in total. The lowest BCUT2D eigenvalue weighted by atomic mass is 9.92. The van der Waals surface area contributed by atoms with Gasteiger partial charge in [0.2, 0.25) is 0 Å². The summed E-state index contributed by atoms with van der Waals surface area (Å²) >= 11 is 0. The number of nitrogens with two attached hydrogens (primary N) is 1. The third kappa shape index (κ3) is 2.84. The van der Waals surface area contributed by atoms with Crippen LogP contribution in [0, 0.1) is 0 Å². The second kappa shape index (κ2) is 5.30. The Kier molecular flexibility index (Phi) is 3.77. The van der Waals surface area contributed by atoms with Gasteiger partial charge in [0.1, 0.15) is 0 Å². The van der Waals surface area contributed by atoms with Crippen molar-refractivity contribution in [1.29, 1.82) is 0 Å². The maximum absolute atomic E-state index is 9.47. The minimum absolute atomic E-state index is 0.236. The predicted molar refractivity (Wildman–Crippen MR) is 72.0 cm³/mol. The normalized spacial score (nSPS) is 14.8. The molecule has 0 bridgehead atoms. The van der Waals surface area contributed by atoms with Crippen LogP contribution in [0.25, 0.3) is 10.8 Å². The molecule has 0 radical (unpaired) electrons. The lowest BCUT2D eigenvalue weighted by Gasteiger charge is -2.17. The number of aliphatic hydroxyl groups is 1. The van der Waals surface area contributed by atoms with Crippen LogP contribution in [0.2, 0.25) is 0 Å². The number of aliphatic hydroxyl groups excluding tert-OH is 1. The second-order valence-electron chi connectivity index (χ2n) is 4.62. The van der Waals surface area contributed by atoms with Crippen molar-refractivity contribution in [2.75, 3.05) is 6.54 Å². The van der Waals surface area contributed by atoms with Crippen molar-refractivity contribution in [1.82, 2.24) is 0 Å². The van der Waals surface area contributed by atoms with Gasteiger partial charge in [-0.1, -0.05) is 42.5 Å². The van der Waals surface area contributed by atoms with Crippen LogP contribution in [-0.4, -0.2) is 17.8 Å². The lowest BCUT2D eigenvalue weighted by Crippen LogP contribution is -2.17. The molecule has 2 unspecified atom stereocenters. The molecule has 0 fully saturated rings. The second-order valence-corrected chi connectivity index (χ2v) is 4.62. The topological polar surface area (TPSA) is 46.2 Å². The maximum atomic E-state index is 9.47. The molecule has 0 aliphatic rings. The van der Waals surface area contributed by atoms with Crippen LogP contribution in [-0.2, 0) is 0 Å². The summed E-state index contributed by atoms with van der Waals surface area (Å²) < 4.78 is 0. The zero-order valence-electron chi connectivity index (χ0n) is 10.1. The molecule has 17 heavy (non-hydrogen) atoms. The molecule has 2 rings (SSSR count). The third-order valence-electron chi connectivity index (χ3n) is 3.16. The summed E-state index contributed by atoms with van der Waals surface area (Å²) in [6.07, 6.45) is 0.407. The van der Waals surface area contributed by atoms with E-state index in [4.69, 9.17) is 5.73 Å². The number of benzene rings is 2. The van der Waals surface area contributed by atoms with Crippen LogP contribution in [0.1, 0.15) is 24.8 Å². The molecule has 2 aromatic rings. The summed E-state index contributed by atoms with van der Waals surface area (Å²) in [6.45, 7) is 2.38. The van der Waals surface area contributed by atoms with Crippen LogP contribution in [0.3, 0.4) is 0 Å². The number of fused-ring (bicyclic) bond motifs is 1. The van der Waals surface area contributed by atoms with Crippen molar-refractivity contribution < 1.29 is 5.11 Å². The number of hydrogen-bond donors (Lipinski definition) is 2. The van der Waals surface area contributed by atoms with E-state index in [1.807, 2.05) is 19.1 Å². The largest absolute Gasteiger partial charge is 0.393 e. The van der Waals surface area contributed by atoms with Crippen LogP contribution in [0.5, 0.6) is 0 Å². The summed E-state index contributed by atoms with van der Waals surface area (Å²) in [5.41, 5.74) is 7.00. The molecule has 3 N–H and O–H groups in total. The Morgan fingerprint density at radius 1 is 1.12 bits per heavy atom. The fraction of sp³-hybridized carbons (Fsp3) is 0.333. The standard InChI is InChI=1S/C15H19NO/c1-11(17)8-15(10-16)14-7-6-12-4-2-3-5-13(12)9-14/h2-7,9,11,15,17H,8,10,16H2,1H3. The molecule has 0 spiro atoms. The van der Waals surface area contributed by atoms with Crippen molar-refractivity contribution in [2.45, 2.75) is 25.4 Å². The molecule has 0 aliphatic carbocycles. The van der Waals surface area contributed by atoms with Gasteiger partial charge in [0.15, 0.2) is 0 Å². The van der Waals surface area contributed by atoms with Gasteiger partial charge in [0.25, 0.3) is 0 Å². The van der Waals surface area contributed by atoms with Crippen molar-refractivity contribution in [2.24, 2.45) is 5.73 Å².